The Labute approximate surface area is 86.7 Å². The van der Waals surface area contributed by atoms with Gasteiger partial charge in [-0.15, -0.1) is 0 Å². The first kappa shape index (κ1) is 9.21. The van der Waals surface area contributed by atoms with E-state index in [0.717, 1.165) is 16.7 Å². The fraction of sp³-hybridized carbons (Fsp3) is 0.200. The van der Waals surface area contributed by atoms with Gasteiger partial charge < -0.3 is 4.74 Å². The molecule has 0 amide bonds. The molecule has 0 atom stereocenters. The van der Waals surface area contributed by atoms with Crippen LogP contribution in [0.3, 0.4) is 0 Å². The van der Waals surface area contributed by atoms with Crippen molar-refractivity contribution in [1.82, 2.24) is 9.97 Å². The van der Waals surface area contributed by atoms with Crippen molar-refractivity contribution in [2.75, 3.05) is 7.11 Å². The maximum atomic E-state index is 5.97. The molecule has 3 nitrogen and oxygen atoms in total. The summed E-state index contributed by atoms with van der Waals surface area (Å²) in [6.07, 6.45) is 0. The summed E-state index contributed by atoms with van der Waals surface area (Å²) >= 11 is 5.97. The van der Waals surface area contributed by atoms with E-state index in [2.05, 4.69) is 9.97 Å². The van der Waals surface area contributed by atoms with Crippen molar-refractivity contribution in [1.29, 1.82) is 0 Å². The van der Waals surface area contributed by atoms with Crippen molar-refractivity contribution < 1.29 is 4.74 Å². The Balaban J connectivity index is 2.75. The average molecular weight is 209 g/mol. The van der Waals surface area contributed by atoms with Gasteiger partial charge in [-0.3, -0.25) is 0 Å². The van der Waals surface area contributed by atoms with Gasteiger partial charge in [-0.2, -0.15) is 0 Å². The Bertz CT molecular complexity index is 485. The van der Waals surface area contributed by atoms with E-state index in [-0.39, 0.29) is 0 Å². The van der Waals surface area contributed by atoms with Gasteiger partial charge in [0.1, 0.15) is 16.7 Å². The molecule has 0 spiro atoms. The zero-order valence-electron chi connectivity index (χ0n) is 7.91. The van der Waals surface area contributed by atoms with Gasteiger partial charge in [-0.1, -0.05) is 11.6 Å². The highest BCUT2D eigenvalue weighted by Crippen LogP contribution is 2.24. The van der Waals surface area contributed by atoms with Crippen LogP contribution in [0.2, 0.25) is 5.15 Å². The fourth-order valence-electron chi connectivity index (χ4n) is 1.31. The quantitative estimate of drug-likeness (QED) is 0.676. The van der Waals surface area contributed by atoms with E-state index in [4.69, 9.17) is 16.3 Å². The second-order valence-corrected chi connectivity index (χ2v) is 3.30. The first-order valence-corrected chi connectivity index (χ1v) is 4.56. The predicted molar refractivity (Wildman–Crippen MR) is 55.8 cm³/mol. The van der Waals surface area contributed by atoms with E-state index in [1.807, 2.05) is 25.1 Å². The molecule has 0 aliphatic carbocycles. The van der Waals surface area contributed by atoms with E-state index in [0.29, 0.717) is 11.0 Å². The standard InChI is InChI=1S/C10H9ClN2O/c1-6-12-9-5-7(14-2)3-4-8(9)10(11)13-6/h3-5H,1-2H3. The van der Waals surface area contributed by atoms with E-state index in [9.17, 15) is 0 Å². The molecule has 0 aliphatic heterocycles. The first-order valence-electron chi connectivity index (χ1n) is 4.18. The normalized spacial score (nSPS) is 10.5. The summed E-state index contributed by atoms with van der Waals surface area (Å²) in [6, 6.07) is 5.54. The molecule has 2 aromatic rings. The van der Waals surface area contributed by atoms with Crippen LogP contribution >= 0.6 is 11.6 Å². The average Bonchev–Trinajstić information content (AvgIpc) is 2.16. The summed E-state index contributed by atoms with van der Waals surface area (Å²) in [6.45, 7) is 1.81. The summed E-state index contributed by atoms with van der Waals surface area (Å²) in [5.41, 5.74) is 0.807. The van der Waals surface area contributed by atoms with Crippen molar-refractivity contribution in [3.8, 4) is 5.75 Å². The highest BCUT2D eigenvalue weighted by molar-refractivity contribution is 6.34. The van der Waals surface area contributed by atoms with Crippen LogP contribution in [0.4, 0.5) is 0 Å². The lowest BCUT2D eigenvalue weighted by Gasteiger charge is -2.03. The van der Waals surface area contributed by atoms with Gasteiger partial charge >= 0.3 is 0 Å². The number of rotatable bonds is 1. The first-order chi connectivity index (χ1) is 6.70. The smallest absolute Gasteiger partial charge is 0.140 e. The summed E-state index contributed by atoms with van der Waals surface area (Å²) in [4.78, 5) is 8.34. The van der Waals surface area contributed by atoms with Crippen molar-refractivity contribution in [2.24, 2.45) is 0 Å². The van der Waals surface area contributed by atoms with E-state index < -0.39 is 0 Å². The minimum atomic E-state index is 0.482. The van der Waals surface area contributed by atoms with Crippen molar-refractivity contribution in [3.63, 3.8) is 0 Å². The largest absolute Gasteiger partial charge is 0.497 e. The summed E-state index contributed by atoms with van der Waals surface area (Å²) in [5, 5.41) is 1.33. The molecule has 0 aliphatic rings. The van der Waals surface area contributed by atoms with E-state index in [1.165, 1.54) is 0 Å². The van der Waals surface area contributed by atoms with Crippen LogP contribution in [0.1, 0.15) is 5.82 Å². The molecule has 0 fully saturated rings. The highest BCUT2D eigenvalue weighted by atomic mass is 35.5. The molecule has 14 heavy (non-hydrogen) atoms. The molecule has 0 N–H and O–H groups in total. The van der Waals surface area contributed by atoms with Gasteiger partial charge in [-0.05, 0) is 19.1 Å². The third kappa shape index (κ3) is 1.51. The maximum Gasteiger partial charge on any atom is 0.140 e. The van der Waals surface area contributed by atoms with Gasteiger partial charge in [-0.25, -0.2) is 9.97 Å². The Hall–Kier alpha value is -1.35. The molecule has 4 heteroatoms. The Morgan fingerprint density at radius 3 is 2.79 bits per heavy atom. The predicted octanol–water partition coefficient (Wildman–Crippen LogP) is 2.60. The van der Waals surface area contributed by atoms with E-state index in [1.54, 1.807) is 7.11 Å². The number of benzene rings is 1. The molecule has 0 unspecified atom stereocenters. The number of methoxy groups -OCH3 is 1. The Morgan fingerprint density at radius 1 is 1.29 bits per heavy atom. The molecule has 0 bridgehead atoms. The molecule has 2 rings (SSSR count). The number of fused-ring (bicyclic) bond motifs is 1. The van der Waals surface area contributed by atoms with Gasteiger partial charge in [0.25, 0.3) is 0 Å². The highest BCUT2D eigenvalue weighted by Gasteiger charge is 2.04. The number of halogens is 1. The number of aromatic nitrogens is 2. The third-order valence-electron chi connectivity index (χ3n) is 1.97. The van der Waals surface area contributed by atoms with Crippen LogP contribution in [-0.2, 0) is 0 Å². The van der Waals surface area contributed by atoms with Crippen LogP contribution in [0.25, 0.3) is 10.9 Å². The molecule has 1 aromatic heterocycles. The van der Waals surface area contributed by atoms with Crippen LogP contribution in [0, 0.1) is 6.92 Å². The SMILES string of the molecule is COc1ccc2c(Cl)nc(C)nc2c1. The fourth-order valence-corrected chi connectivity index (χ4v) is 1.59. The number of hydrogen-bond donors (Lipinski definition) is 0. The Kier molecular flexibility index (Phi) is 2.25. The lowest BCUT2D eigenvalue weighted by Crippen LogP contribution is -1.91. The monoisotopic (exact) mass is 208 g/mol. The number of ether oxygens (including phenoxy) is 1. The molecule has 0 radical (unpaired) electrons. The second kappa shape index (κ2) is 3.42. The Morgan fingerprint density at radius 2 is 2.07 bits per heavy atom. The van der Waals surface area contributed by atoms with Crippen LogP contribution in [0.5, 0.6) is 5.75 Å². The molecule has 0 saturated carbocycles. The van der Waals surface area contributed by atoms with Gasteiger partial charge in [0.15, 0.2) is 0 Å². The van der Waals surface area contributed by atoms with Crippen molar-refractivity contribution in [2.45, 2.75) is 6.92 Å². The van der Waals surface area contributed by atoms with Gasteiger partial charge in [0.2, 0.25) is 0 Å². The van der Waals surface area contributed by atoms with E-state index >= 15 is 0 Å². The molecular formula is C10H9ClN2O. The zero-order chi connectivity index (χ0) is 10.1. The third-order valence-corrected chi connectivity index (χ3v) is 2.26. The van der Waals surface area contributed by atoms with Crippen molar-refractivity contribution in [3.05, 3.63) is 29.2 Å². The van der Waals surface area contributed by atoms with Crippen LogP contribution in [0.15, 0.2) is 18.2 Å². The van der Waals surface area contributed by atoms with Crippen LogP contribution in [-0.4, -0.2) is 17.1 Å². The summed E-state index contributed by atoms with van der Waals surface area (Å²) in [7, 11) is 1.62. The molecular weight excluding hydrogens is 200 g/mol. The number of hydrogen-bond acceptors (Lipinski definition) is 3. The minimum absolute atomic E-state index is 0.482. The number of aryl methyl sites for hydroxylation is 1. The maximum absolute atomic E-state index is 5.97. The zero-order valence-corrected chi connectivity index (χ0v) is 8.67. The molecule has 72 valence electrons. The lowest BCUT2D eigenvalue weighted by atomic mass is 10.2. The minimum Gasteiger partial charge on any atom is -0.497 e. The molecule has 1 aromatic carbocycles. The van der Waals surface area contributed by atoms with Crippen LogP contribution < -0.4 is 4.74 Å². The van der Waals surface area contributed by atoms with Gasteiger partial charge in [0, 0.05) is 11.5 Å². The second-order valence-electron chi connectivity index (χ2n) is 2.94. The summed E-state index contributed by atoms with van der Waals surface area (Å²) < 4.78 is 5.10. The topological polar surface area (TPSA) is 35.0 Å². The lowest BCUT2D eigenvalue weighted by molar-refractivity contribution is 0.415. The van der Waals surface area contributed by atoms with Crippen molar-refractivity contribution >= 4 is 22.5 Å². The summed E-state index contributed by atoms with van der Waals surface area (Å²) in [5.74, 6) is 1.43. The van der Waals surface area contributed by atoms with Gasteiger partial charge in [0.05, 0.1) is 12.6 Å². The molecule has 0 saturated heterocycles. The number of nitrogens with zero attached hydrogens (tertiary/aromatic N) is 2. The molecule has 1 heterocycles.